The first-order valence-corrected chi connectivity index (χ1v) is 6.98. The molecule has 20 heavy (non-hydrogen) atoms. The minimum atomic E-state index is -0.398. The van der Waals surface area contributed by atoms with Gasteiger partial charge in [0.1, 0.15) is 5.69 Å². The van der Waals surface area contributed by atoms with Gasteiger partial charge in [0.05, 0.1) is 17.4 Å². The zero-order valence-corrected chi connectivity index (χ0v) is 12.4. The van der Waals surface area contributed by atoms with Gasteiger partial charge >= 0.3 is 0 Å². The van der Waals surface area contributed by atoms with Gasteiger partial charge in [0.25, 0.3) is 5.69 Å². The Morgan fingerprint density at radius 2 is 2.20 bits per heavy atom. The van der Waals surface area contributed by atoms with Gasteiger partial charge in [0.15, 0.2) is 0 Å². The number of halogens is 1. The highest BCUT2D eigenvalue weighted by atomic mass is 35.5. The summed E-state index contributed by atoms with van der Waals surface area (Å²) in [5.41, 5.74) is 1.31. The molecule has 0 atom stereocenters. The smallest absolute Gasteiger partial charge is 0.292 e. The second-order valence-electron chi connectivity index (χ2n) is 4.96. The van der Waals surface area contributed by atoms with E-state index < -0.39 is 4.92 Å². The van der Waals surface area contributed by atoms with Crippen LogP contribution in [0.4, 0.5) is 11.4 Å². The van der Waals surface area contributed by atoms with Gasteiger partial charge in [-0.15, -0.1) is 11.6 Å². The highest BCUT2D eigenvalue weighted by Crippen LogP contribution is 2.30. The molecule has 0 saturated carbocycles. The van der Waals surface area contributed by atoms with E-state index in [0.29, 0.717) is 36.7 Å². The van der Waals surface area contributed by atoms with E-state index in [4.69, 9.17) is 16.9 Å². The van der Waals surface area contributed by atoms with Crippen LogP contribution in [0.25, 0.3) is 0 Å². The van der Waals surface area contributed by atoms with Crippen LogP contribution in [0.5, 0.6) is 0 Å². The third-order valence-electron chi connectivity index (χ3n) is 2.81. The predicted molar refractivity (Wildman–Crippen MR) is 79.9 cm³/mol. The van der Waals surface area contributed by atoms with Crippen molar-refractivity contribution < 1.29 is 4.92 Å². The number of hydrogen-bond donors (Lipinski definition) is 0. The van der Waals surface area contributed by atoms with E-state index in [1.807, 2.05) is 18.7 Å². The third kappa shape index (κ3) is 4.39. The lowest BCUT2D eigenvalue weighted by molar-refractivity contribution is -0.384. The molecule has 0 spiro atoms. The van der Waals surface area contributed by atoms with E-state index in [0.717, 1.165) is 0 Å². The number of hydrogen-bond acceptors (Lipinski definition) is 4. The molecule has 1 aromatic rings. The van der Waals surface area contributed by atoms with Crippen molar-refractivity contribution in [3.05, 3.63) is 33.9 Å². The van der Waals surface area contributed by atoms with Gasteiger partial charge in [-0.05, 0) is 17.5 Å². The number of nitro groups is 1. The Morgan fingerprint density at radius 3 is 2.70 bits per heavy atom. The van der Waals surface area contributed by atoms with Crippen LogP contribution in [-0.2, 0) is 5.88 Å². The zero-order chi connectivity index (χ0) is 15.1. The molecule has 0 saturated heterocycles. The fraction of sp³-hybridized carbons (Fsp3) is 0.500. The molecule has 0 heterocycles. The number of alkyl halides is 1. The van der Waals surface area contributed by atoms with E-state index >= 15 is 0 Å². The average Bonchev–Trinajstić information content (AvgIpc) is 2.42. The molecule has 1 aromatic carbocycles. The fourth-order valence-corrected chi connectivity index (χ4v) is 2.17. The van der Waals surface area contributed by atoms with Crippen molar-refractivity contribution in [3.8, 4) is 6.07 Å². The van der Waals surface area contributed by atoms with Crippen molar-refractivity contribution in [1.82, 2.24) is 0 Å². The first-order chi connectivity index (χ1) is 9.49. The Morgan fingerprint density at radius 1 is 1.50 bits per heavy atom. The van der Waals surface area contributed by atoms with Crippen LogP contribution in [0.1, 0.15) is 25.8 Å². The second kappa shape index (κ2) is 7.71. The van der Waals surface area contributed by atoms with E-state index in [-0.39, 0.29) is 11.6 Å². The van der Waals surface area contributed by atoms with Crippen LogP contribution in [0.3, 0.4) is 0 Å². The van der Waals surface area contributed by atoms with Crippen LogP contribution < -0.4 is 4.90 Å². The number of nitro benzene ring substituents is 1. The van der Waals surface area contributed by atoms with Gasteiger partial charge in [-0.3, -0.25) is 10.1 Å². The standard InChI is InChI=1S/C14H18ClN3O2/c1-11(2)10-17(7-3-6-16)13-5-4-12(9-15)8-14(13)18(19)20/h4-5,8,11H,3,7,9-10H2,1-2H3. The SMILES string of the molecule is CC(C)CN(CCC#N)c1ccc(CCl)cc1[N+](=O)[O-]. The quantitative estimate of drug-likeness (QED) is 0.437. The summed E-state index contributed by atoms with van der Waals surface area (Å²) in [4.78, 5) is 12.7. The molecule has 0 aromatic heterocycles. The van der Waals surface area contributed by atoms with Gasteiger partial charge in [-0.25, -0.2) is 0 Å². The van der Waals surface area contributed by atoms with Crippen molar-refractivity contribution in [2.75, 3.05) is 18.0 Å². The minimum absolute atomic E-state index is 0.0433. The molecule has 0 N–H and O–H groups in total. The maximum atomic E-state index is 11.2. The van der Waals surface area contributed by atoms with Gasteiger partial charge in [0.2, 0.25) is 0 Å². The largest absolute Gasteiger partial charge is 0.365 e. The van der Waals surface area contributed by atoms with E-state index in [2.05, 4.69) is 6.07 Å². The Kier molecular flexibility index (Phi) is 6.26. The summed E-state index contributed by atoms with van der Waals surface area (Å²) in [6.45, 7) is 5.23. The monoisotopic (exact) mass is 295 g/mol. The molecule has 0 radical (unpaired) electrons. The Balaban J connectivity index is 3.17. The summed E-state index contributed by atoms with van der Waals surface area (Å²) in [5, 5.41) is 20.0. The number of rotatable bonds is 7. The molecule has 0 fully saturated rings. The lowest BCUT2D eigenvalue weighted by atomic mass is 10.1. The van der Waals surface area contributed by atoms with Crippen molar-refractivity contribution in [2.24, 2.45) is 5.92 Å². The maximum absolute atomic E-state index is 11.2. The van der Waals surface area contributed by atoms with E-state index in [1.54, 1.807) is 12.1 Å². The zero-order valence-electron chi connectivity index (χ0n) is 11.7. The number of benzene rings is 1. The lowest BCUT2D eigenvalue weighted by Gasteiger charge is -2.25. The first kappa shape index (κ1) is 16.3. The second-order valence-corrected chi connectivity index (χ2v) is 5.23. The normalized spacial score (nSPS) is 10.3. The molecule has 0 aliphatic carbocycles. The van der Waals surface area contributed by atoms with Crippen LogP contribution in [-0.4, -0.2) is 18.0 Å². The van der Waals surface area contributed by atoms with Crippen LogP contribution in [0.15, 0.2) is 18.2 Å². The summed E-state index contributed by atoms with van der Waals surface area (Å²) in [6, 6.07) is 7.09. The van der Waals surface area contributed by atoms with E-state index in [1.165, 1.54) is 6.07 Å². The van der Waals surface area contributed by atoms with Gasteiger partial charge in [-0.2, -0.15) is 5.26 Å². The van der Waals surface area contributed by atoms with Crippen LogP contribution >= 0.6 is 11.6 Å². The van der Waals surface area contributed by atoms with Crippen molar-refractivity contribution in [2.45, 2.75) is 26.1 Å². The molecule has 108 valence electrons. The van der Waals surface area contributed by atoms with Crippen LogP contribution in [0, 0.1) is 27.4 Å². The Bertz CT molecular complexity index is 512. The number of anilines is 1. The average molecular weight is 296 g/mol. The molecule has 5 nitrogen and oxygen atoms in total. The lowest BCUT2D eigenvalue weighted by Crippen LogP contribution is -2.29. The van der Waals surface area contributed by atoms with E-state index in [9.17, 15) is 10.1 Å². The van der Waals surface area contributed by atoms with Crippen molar-refractivity contribution >= 4 is 23.0 Å². The predicted octanol–water partition coefficient (Wildman–Crippen LogP) is 3.71. The molecule has 6 heteroatoms. The van der Waals surface area contributed by atoms with Crippen molar-refractivity contribution in [1.29, 1.82) is 5.26 Å². The molecular weight excluding hydrogens is 278 g/mol. The maximum Gasteiger partial charge on any atom is 0.292 e. The Hall–Kier alpha value is -1.80. The number of nitrogens with zero attached hydrogens (tertiary/aromatic N) is 3. The molecule has 1 rings (SSSR count). The summed E-state index contributed by atoms with van der Waals surface area (Å²) in [6.07, 6.45) is 0.334. The summed E-state index contributed by atoms with van der Waals surface area (Å²) < 4.78 is 0. The summed E-state index contributed by atoms with van der Waals surface area (Å²) >= 11 is 5.72. The first-order valence-electron chi connectivity index (χ1n) is 6.44. The number of nitriles is 1. The summed E-state index contributed by atoms with van der Waals surface area (Å²) in [5.74, 6) is 0.588. The van der Waals surface area contributed by atoms with Gasteiger partial charge in [-0.1, -0.05) is 19.9 Å². The Labute approximate surface area is 123 Å². The topological polar surface area (TPSA) is 70.2 Å². The van der Waals surface area contributed by atoms with Crippen LogP contribution in [0.2, 0.25) is 0 Å². The summed E-state index contributed by atoms with van der Waals surface area (Å²) in [7, 11) is 0. The molecule has 0 aliphatic heterocycles. The third-order valence-corrected chi connectivity index (χ3v) is 3.12. The molecule has 0 unspecified atom stereocenters. The molecule has 0 aliphatic rings. The highest BCUT2D eigenvalue weighted by Gasteiger charge is 2.20. The molecular formula is C14H18ClN3O2. The van der Waals surface area contributed by atoms with Crippen molar-refractivity contribution in [3.63, 3.8) is 0 Å². The fourth-order valence-electron chi connectivity index (χ4n) is 2.00. The minimum Gasteiger partial charge on any atom is -0.365 e. The highest BCUT2D eigenvalue weighted by molar-refractivity contribution is 6.17. The molecule has 0 bridgehead atoms. The van der Waals surface area contributed by atoms with Gasteiger partial charge in [0, 0.05) is 25.0 Å². The molecule has 0 amide bonds. The van der Waals surface area contributed by atoms with Gasteiger partial charge < -0.3 is 4.90 Å².